The molecule has 0 spiro atoms. The molecule has 0 amide bonds. The van der Waals surface area contributed by atoms with Crippen LogP contribution in [0.4, 0.5) is 0 Å². The first kappa shape index (κ1) is 15.3. The molecule has 0 aromatic heterocycles. The Kier molecular flexibility index (Phi) is 5.56. The SMILES string of the molecule is CC[C@@H](c1cccc(OCc2ccccc2)c1)[C@@H](C)C=O. The smallest absolute Gasteiger partial charge is 0.123 e. The first-order valence-corrected chi connectivity index (χ1v) is 7.46. The number of aldehydes is 1. The average Bonchev–Trinajstić information content (AvgIpc) is 2.55. The number of carbonyl (C=O) groups is 1. The number of ether oxygens (including phenoxy) is 1. The molecular formula is C19H22O2. The third-order valence-corrected chi connectivity index (χ3v) is 3.82. The Morgan fingerprint density at radius 2 is 1.86 bits per heavy atom. The fraction of sp³-hybridized carbons (Fsp3) is 0.316. The van der Waals surface area contributed by atoms with Crippen LogP contribution in [-0.4, -0.2) is 6.29 Å². The number of rotatable bonds is 7. The quantitative estimate of drug-likeness (QED) is 0.694. The Balaban J connectivity index is 2.08. The van der Waals surface area contributed by atoms with E-state index in [-0.39, 0.29) is 11.8 Å². The summed E-state index contributed by atoms with van der Waals surface area (Å²) in [5.41, 5.74) is 2.32. The molecule has 2 aromatic carbocycles. The Hall–Kier alpha value is -2.09. The monoisotopic (exact) mass is 282 g/mol. The lowest BCUT2D eigenvalue weighted by Gasteiger charge is -2.19. The van der Waals surface area contributed by atoms with Crippen molar-refractivity contribution in [1.82, 2.24) is 0 Å². The summed E-state index contributed by atoms with van der Waals surface area (Å²) in [6.45, 7) is 4.64. The molecule has 0 bridgehead atoms. The molecule has 0 aliphatic carbocycles. The predicted molar refractivity (Wildman–Crippen MR) is 85.5 cm³/mol. The van der Waals surface area contributed by atoms with Gasteiger partial charge in [0, 0.05) is 5.92 Å². The standard InChI is InChI=1S/C19H22O2/c1-3-19(15(2)13-20)17-10-7-11-18(12-17)21-14-16-8-5-4-6-9-16/h4-13,15,19H,3,14H2,1-2H3/t15-,19+/m0/s1. The molecule has 21 heavy (non-hydrogen) atoms. The molecular weight excluding hydrogens is 260 g/mol. The van der Waals surface area contributed by atoms with E-state index >= 15 is 0 Å². The molecule has 110 valence electrons. The molecule has 0 aliphatic heterocycles. The lowest BCUT2D eigenvalue weighted by molar-refractivity contribution is -0.111. The summed E-state index contributed by atoms with van der Waals surface area (Å²) in [5.74, 6) is 1.13. The summed E-state index contributed by atoms with van der Waals surface area (Å²) in [6.07, 6.45) is 1.98. The summed E-state index contributed by atoms with van der Waals surface area (Å²) in [5, 5.41) is 0. The minimum Gasteiger partial charge on any atom is -0.489 e. The van der Waals surface area contributed by atoms with Gasteiger partial charge in [0.1, 0.15) is 18.6 Å². The zero-order valence-electron chi connectivity index (χ0n) is 12.7. The number of benzene rings is 2. The molecule has 2 aromatic rings. The fourth-order valence-corrected chi connectivity index (χ4v) is 2.58. The molecule has 2 atom stereocenters. The molecule has 0 saturated carbocycles. The summed E-state index contributed by atoms with van der Waals surface area (Å²) in [7, 11) is 0. The van der Waals surface area contributed by atoms with Crippen LogP contribution >= 0.6 is 0 Å². The van der Waals surface area contributed by atoms with Crippen molar-refractivity contribution >= 4 is 6.29 Å². The van der Waals surface area contributed by atoms with Crippen molar-refractivity contribution in [2.24, 2.45) is 5.92 Å². The van der Waals surface area contributed by atoms with Crippen molar-refractivity contribution in [3.8, 4) is 5.75 Å². The topological polar surface area (TPSA) is 26.3 Å². The van der Waals surface area contributed by atoms with Crippen LogP contribution in [0.1, 0.15) is 37.3 Å². The normalized spacial score (nSPS) is 13.4. The highest BCUT2D eigenvalue weighted by molar-refractivity contribution is 5.55. The molecule has 2 nitrogen and oxygen atoms in total. The summed E-state index contributed by atoms with van der Waals surface area (Å²) in [4.78, 5) is 11.0. The molecule has 0 aliphatic rings. The van der Waals surface area contributed by atoms with Crippen molar-refractivity contribution in [2.45, 2.75) is 32.8 Å². The van der Waals surface area contributed by atoms with Crippen LogP contribution in [0.5, 0.6) is 5.75 Å². The molecule has 2 rings (SSSR count). The molecule has 0 N–H and O–H groups in total. The van der Waals surface area contributed by atoms with E-state index in [4.69, 9.17) is 4.74 Å². The van der Waals surface area contributed by atoms with Crippen LogP contribution < -0.4 is 4.74 Å². The average molecular weight is 282 g/mol. The minimum absolute atomic E-state index is 0.0272. The van der Waals surface area contributed by atoms with Gasteiger partial charge in [-0.15, -0.1) is 0 Å². The van der Waals surface area contributed by atoms with Crippen molar-refractivity contribution in [1.29, 1.82) is 0 Å². The van der Waals surface area contributed by atoms with E-state index in [1.54, 1.807) is 0 Å². The Morgan fingerprint density at radius 1 is 1.10 bits per heavy atom. The molecule has 0 saturated heterocycles. The maximum atomic E-state index is 11.0. The minimum atomic E-state index is 0.0272. The van der Waals surface area contributed by atoms with Gasteiger partial charge in [0.15, 0.2) is 0 Å². The third-order valence-electron chi connectivity index (χ3n) is 3.82. The van der Waals surface area contributed by atoms with Crippen molar-refractivity contribution < 1.29 is 9.53 Å². The van der Waals surface area contributed by atoms with Crippen molar-refractivity contribution in [3.05, 3.63) is 65.7 Å². The van der Waals surface area contributed by atoms with Crippen molar-refractivity contribution in [3.63, 3.8) is 0 Å². The van der Waals surface area contributed by atoms with E-state index in [0.717, 1.165) is 24.0 Å². The molecule has 2 heteroatoms. The van der Waals surface area contributed by atoms with Gasteiger partial charge < -0.3 is 9.53 Å². The maximum absolute atomic E-state index is 11.0. The fourth-order valence-electron chi connectivity index (χ4n) is 2.58. The maximum Gasteiger partial charge on any atom is 0.123 e. The van der Waals surface area contributed by atoms with E-state index in [0.29, 0.717) is 6.61 Å². The van der Waals surface area contributed by atoms with Crippen LogP contribution in [0, 0.1) is 5.92 Å². The Morgan fingerprint density at radius 3 is 2.52 bits per heavy atom. The van der Waals surface area contributed by atoms with Gasteiger partial charge in [-0.25, -0.2) is 0 Å². The highest BCUT2D eigenvalue weighted by Crippen LogP contribution is 2.29. The summed E-state index contributed by atoms with van der Waals surface area (Å²) < 4.78 is 5.85. The Bertz CT molecular complexity index is 563. The van der Waals surface area contributed by atoms with Crippen LogP contribution in [0.2, 0.25) is 0 Å². The third kappa shape index (κ3) is 4.19. The first-order valence-electron chi connectivity index (χ1n) is 7.46. The molecule has 0 radical (unpaired) electrons. The van der Waals surface area contributed by atoms with Crippen LogP contribution in [-0.2, 0) is 11.4 Å². The van der Waals surface area contributed by atoms with Gasteiger partial charge >= 0.3 is 0 Å². The number of hydrogen-bond acceptors (Lipinski definition) is 2. The zero-order chi connectivity index (χ0) is 15.1. The van der Waals surface area contributed by atoms with Crippen LogP contribution in [0.15, 0.2) is 54.6 Å². The lowest BCUT2D eigenvalue weighted by atomic mass is 9.86. The molecule has 0 fully saturated rings. The van der Waals surface area contributed by atoms with Gasteiger partial charge in [0.05, 0.1) is 0 Å². The predicted octanol–water partition coefficient (Wildman–Crippen LogP) is 4.59. The number of hydrogen-bond donors (Lipinski definition) is 0. The van der Waals surface area contributed by atoms with Gasteiger partial charge in [0.25, 0.3) is 0 Å². The van der Waals surface area contributed by atoms with Gasteiger partial charge in [-0.05, 0) is 35.6 Å². The van der Waals surface area contributed by atoms with E-state index in [1.165, 1.54) is 5.56 Å². The van der Waals surface area contributed by atoms with E-state index in [2.05, 4.69) is 19.1 Å². The second-order valence-corrected chi connectivity index (χ2v) is 5.36. The van der Waals surface area contributed by atoms with Gasteiger partial charge in [-0.3, -0.25) is 0 Å². The summed E-state index contributed by atoms with van der Waals surface area (Å²) in [6, 6.07) is 18.2. The molecule has 0 unspecified atom stereocenters. The van der Waals surface area contributed by atoms with Gasteiger partial charge in [0.2, 0.25) is 0 Å². The highest BCUT2D eigenvalue weighted by Gasteiger charge is 2.17. The Labute approximate surface area is 126 Å². The van der Waals surface area contributed by atoms with Gasteiger partial charge in [-0.2, -0.15) is 0 Å². The summed E-state index contributed by atoms with van der Waals surface area (Å²) >= 11 is 0. The second-order valence-electron chi connectivity index (χ2n) is 5.36. The second kappa shape index (κ2) is 7.63. The van der Waals surface area contributed by atoms with Crippen LogP contribution in [0.3, 0.4) is 0 Å². The largest absolute Gasteiger partial charge is 0.489 e. The van der Waals surface area contributed by atoms with E-state index in [1.807, 2.05) is 49.4 Å². The van der Waals surface area contributed by atoms with Crippen LogP contribution in [0.25, 0.3) is 0 Å². The van der Waals surface area contributed by atoms with E-state index < -0.39 is 0 Å². The lowest BCUT2D eigenvalue weighted by Crippen LogP contribution is -2.10. The van der Waals surface area contributed by atoms with Crippen molar-refractivity contribution in [2.75, 3.05) is 0 Å². The van der Waals surface area contributed by atoms with E-state index in [9.17, 15) is 4.79 Å². The zero-order valence-corrected chi connectivity index (χ0v) is 12.7. The first-order chi connectivity index (χ1) is 10.2. The highest BCUT2D eigenvalue weighted by atomic mass is 16.5. The number of carbonyl (C=O) groups excluding carboxylic acids is 1. The molecule has 0 heterocycles. The van der Waals surface area contributed by atoms with Gasteiger partial charge in [-0.1, -0.05) is 56.3 Å².